The molecule has 4 saturated heterocycles. The molecule has 718 valence electrons. The third-order valence-electron chi connectivity index (χ3n) is 25.0. The van der Waals surface area contributed by atoms with E-state index in [0.717, 1.165) is 21.6 Å². The molecule has 4 fully saturated rings. The molecule has 18 N–H and O–H groups in total. The summed E-state index contributed by atoms with van der Waals surface area (Å²) >= 11 is 0.871. The summed E-state index contributed by atoms with van der Waals surface area (Å²) in [6.07, 6.45) is 4.45. The fraction of sp³-hybridized carbons (Fsp3) is 0.533. The highest BCUT2D eigenvalue weighted by molar-refractivity contribution is 7.99. The Bertz CT molecular complexity index is 5180. The van der Waals surface area contributed by atoms with Gasteiger partial charge in [0.25, 0.3) is 0 Å². The number of piperidine rings is 1. The lowest BCUT2D eigenvalue weighted by atomic mass is 9.89. The van der Waals surface area contributed by atoms with E-state index in [1.54, 1.807) is 60.9 Å². The number of phenolic OH excluding ortho intramolecular Hbond substituents is 1. The van der Waals surface area contributed by atoms with Gasteiger partial charge in [0.15, 0.2) is 17.3 Å². The number of aromatic nitrogens is 4. The lowest BCUT2D eigenvalue weighted by molar-refractivity contribution is -0.153. The molecule has 0 saturated carbocycles. The van der Waals surface area contributed by atoms with Crippen LogP contribution < -0.4 is 54.4 Å². The first-order valence-corrected chi connectivity index (χ1v) is 46.4. The lowest BCUT2D eigenvalue weighted by Gasteiger charge is -2.38. The number of H-pyrrole nitrogens is 3. The zero-order valence-corrected chi connectivity index (χ0v) is 76.3. The molecule has 40 nitrogen and oxygen atoms in total. The Hall–Kier alpha value is -12.9. The van der Waals surface area contributed by atoms with Gasteiger partial charge in [-0.1, -0.05) is 88.1 Å². The second-order valence-electron chi connectivity index (χ2n) is 34.6. The van der Waals surface area contributed by atoms with E-state index in [4.69, 9.17) is 21.9 Å². The first-order valence-electron chi connectivity index (χ1n) is 45.3. The first kappa shape index (κ1) is 102. The Morgan fingerprint density at radius 2 is 1.11 bits per heavy atom. The Kier molecular flexibility index (Phi) is 37.6. The molecule has 0 unspecified atom stereocenters. The Labute approximate surface area is 773 Å². The summed E-state index contributed by atoms with van der Waals surface area (Å²) in [4.78, 5) is 283. The van der Waals surface area contributed by atoms with Gasteiger partial charge in [-0.25, -0.2) is 4.98 Å². The number of nitrogens with two attached hydrogens (primary N) is 3. The topological polar surface area (TPSA) is 596 Å². The van der Waals surface area contributed by atoms with Crippen molar-refractivity contribution in [2.45, 2.75) is 222 Å². The Morgan fingerprint density at radius 3 is 1.74 bits per heavy atom. The fourth-order valence-corrected chi connectivity index (χ4v) is 18.5. The average Bonchev–Trinajstić information content (AvgIpc) is 1.79. The lowest BCUT2D eigenvalue weighted by Crippen LogP contribution is -2.62. The molecule has 4 aliphatic rings. The number of aromatic amines is 3. The third kappa shape index (κ3) is 27.9. The number of para-hydroxylation sites is 2. The third-order valence-corrected chi connectivity index (χ3v) is 26.1. The highest BCUT2D eigenvalue weighted by Gasteiger charge is 2.46. The number of carbonyl (C=O) groups is 18. The number of imidazole rings is 1. The number of aliphatic hydroxyl groups is 1. The van der Waals surface area contributed by atoms with Crippen molar-refractivity contribution in [3.63, 3.8) is 0 Å². The van der Waals surface area contributed by atoms with Crippen LogP contribution in [0.5, 0.6) is 5.75 Å². The number of thioether (sulfide) groups is 1. The normalized spacial score (nSPS) is 25.1. The van der Waals surface area contributed by atoms with Gasteiger partial charge in [0.2, 0.25) is 88.6 Å². The number of carbonyl (C=O) groups excluding carboxylic acids is 18. The molecule has 0 spiro atoms. The van der Waals surface area contributed by atoms with Crippen LogP contribution in [0.25, 0.3) is 21.8 Å². The smallest absolute Gasteiger partial charge is 0.246 e. The summed E-state index contributed by atoms with van der Waals surface area (Å²) in [5, 5.41) is 41.5. The number of nitrogens with one attached hydrogen (secondary N) is 10. The standard InChI is InChI=1S/C92H123N19O21S/c1-6-8-21-71-85(124)101-52(3)75(114)40-58(82(121)99-46-80(95)119)49-133-50-81(120)102-67(35-53-25-28-60(113)29-26-53)91(130)109-31-15-14-23-70(109)77(116)39-55(41-79(94)118)89(128)110-32-16-24-72(110)86(125)103-65(42-59-45-96-51-100-59)76(115)38-54(27-30-78(93)117)88(127)111-33-34-132-48-74(111)87(126)104-66(36-56-43-97-63-19-12-10-17-61(56)63)83(122)106-69(47-112)84(123)105-68(37-57-44-98-64-20-13-11-18-62(57)64)90(129)108(5)73(22-9-7-2)92(131)107(71)4/h10-13,17-20,25-26,28-29,43-45,51-52,54-55,58,65-74,97-98,112-113H,6-9,14-16,21-24,27,30-42,46-50H2,1-5H3,(H2,93,117)(H2,94,118)(H2,95,119)(H,96,100)(H,99,121)(H,101,124)(H,102,120)(H,103,125)(H,104,126)(H,105,123)(H,106,122)/t52-,54+,55-,58-,65-,66-,67-,68-,69-,70-,71-,72-,73-,74-/m0/s1. The van der Waals surface area contributed by atoms with Gasteiger partial charge in [0.1, 0.15) is 54.1 Å². The number of aliphatic hydroxyl groups excluding tert-OH is 1. The van der Waals surface area contributed by atoms with E-state index in [-0.39, 0.29) is 102 Å². The number of ketones is 3. The minimum atomic E-state index is -1.88. The molecular weight excluding hydrogens is 1740 g/mol. The molecule has 0 aliphatic carbocycles. The summed E-state index contributed by atoms with van der Waals surface area (Å²) < 4.78 is 5.84. The van der Waals surface area contributed by atoms with Crippen LogP contribution >= 0.6 is 11.8 Å². The summed E-state index contributed by atoms with van der Waals surface area (Å²) in [5.74, 6) is -20.3. The van der Waals surface area contributed by atoms with E-state index in [2.05, 4.69) is 57.2 Å². The summed E-state index contributed by atoms with van der Waals surface area (Å²) in [5.41, 5.74) is 20.1. The zero-order valence-electron chi connectivity index (χ0n) is 75.5. The van der Waals surface area contributed by atoms with E-state index >= 15 is 52.7 Å². The van der Waals surface area contributed by atoms with Crippen molar-refractivity contribution < 1.29 is 101 Å². The summed E-state index contributed by atoms with van der Waals surface area (Å²) in [7, 11) is 2.74. The van der Waals surface area contributed by atoms with Gasteiger partial charge in [-0.2, -0.15) is 11.8 Å². The molecule has 14 atom stereocenters. The highest BCUT2D eigenvalue weighted by Crippen LogP contribution is 2.31. The van der Waals surface area contributed by atoms with Crippen LogP contribution in [0.2, 0.25) is 0 Å². The van der Waals surface area contributed by atoms with Crippen molar-refractivity contribution in [3.8, 4) is 5.75 Å². The monoisotopic (exact) mass is 1860 g/mol. The quantitative estimate of drug-likeness (QED) is 0.0405. The number of likely N-dealkylation sites (N-methyl/N-ethyl adjacent to an activating group) is 2. The largest absolute Gasteiger partial charge is 0.508 e. The van der Waals surface area contributed by atoms with E-state index in [0.29, 0.717) is 82.7 Å². The van der Waals surface area contributed by atoms with Crippen LogP contribution in [-0.4, -0.2) is 299 Å². The summed E-state index contributed by atoms with van der Waals surface area (Å²) in [6, 6.07) is 3.77. The number of benzene rings is 3. The molecule has 0 bridgehead atoms. The van der Waals surface area contributed by atoms with Gasteiger partial charge in [-0.15, -0.1) is 0 Å². The molecule has 41 heteroatoms. The van der Waals surface area contributed by atoms with Gasteiger partial charge >= 0.3 is 0 Å². The number of ether oxygens (including phenoxy) is 1. The van der Waals surface area contributed by atoms with Crippen molar-refractivity contribution >= 4 is 140 Å². The van der Waals surface area contributed by atoms with Crippen molar-refractivity contribution in [2.24, 2.45) is 35.0 Å². The number of hydrogen-bond donors (Lipinski definition) is 15. The van der Waals surface area contributed by atoms with E-state index in [1.807, 2.05) is 13.8 Å². The maximum atomic E-state index is 15.7. The fourth-order valence-electron chi connectivity index (χ4n) is 17.6. The second kappa shape index (κ2) is 49.0. The van der Waals surface area contributed by atoms with E-state index in [9.17, 15) is 43.8 Å². The molecular formula is C92H123N19O21S. The number of aromatic hydroxyl groups is 1. The van der Waals surface area contributed by atoms with Gasteiger partial charge in [0, 0.05) is 149 Å². The van der Waals surface area contributed by atoms with Crippen LogP contribution in [0.15, 0.2) is 97.7 Å². The van der Waals surface area contributed by atoms with Crippen LogP contribution in [0.3, 0.4) is 0 Å². The minimum absolute atomic E-state index is 0.0130. The number of hydrogen-bond acceptors (Lipinski definition) is 23. The molecule has 3 aromatic carbocycles. The molecule has 6 aromatic rings. The molecule has 10 rings (SSSR count). The van der Waals surface area contributed by atoms with Crippen molar-refractivity contribution in [3.05, 3.63) is 120 Å². The maximum absolute atomic E-state index is 15.7. The molecule has 3 aromatic heterocycles. The van der Waals surface area contributed by atoms with Gasteiger partial charge < -0.3 is 109 Å². The zero-order chi connectivity index (χ0) is 96.3. The number of unbranched alkanes of at least 4 members (excludes halogenated alkanes) is 2. The molecule has 0 radical (unpaired) electrons. The highest BCUT2D eigenvalue weighted by atomic mass is 32.2. The van der Waals surface area contributed by atoms with Crippen LogP contribution in [0, 0.1) is 17.8 Å². The molecule has 15 amide bonds. The molecule has 7 heterocycles. The van der Waals surface area contributed by atoms with Gasteiger partial charge in [-0.05, 0) is 99.2 Å². The number of nitrogens with zero attached hydrogens (tertiary/aromatic N) is 6. The number of amides is 15. The van der Waals surface area contributed by atoms with Crippen molar-refractivity contribution in [1.29, 1.82) is 0 Å². The Balaban J connectivity index is 1.01. The number of morpholine rings is 1. The predicted octanol–water partition coefficient (Wildman–Crippen LogP) is 0.119. The number of Topliss-reactive ketones (excluding diaryl/α,β-unsaturated/α-hetero) is 3. The maximum Gasteiger partial charge on any atom is 0.246 e. The molecule has 133 heavy (non-hydrogen) atoms. The predicted molar refractivity (Wildman–Crippen MR) is 486 cm³/mol. The van der Waals surface area contributed by atoms with Crippen LogP contribution in [-0.2, 0) is 117 Å². The van der Waals surface area contributed by atoms with E-state index < -0.39 is 248 Å². The van der Waals surface area contributed by atoms with Crippen LogP contribution in [0.1, 0.15) is 152 Å². The second-order valence-corrected chi connectivity index (χ2v) is 35.6. The minimum Gasteiger partial charge on any atom is -0.508 e. The Morgan fingerprint density at radius 1 is 0.534 bits per heavy atom. The number of fused-ring (bicyclic) bond motifs is 5. The number of phenols is 1. The number of primary amides is 3. The number of rotatable bonds is 23. The van der Waals surface area contributed by atoms with Gasteiger partial charge in [0.05, 0.1) is 68.4 Å². The van der Waals surface area contributed by atoms with Gasteiger partial charge in [-0.3, -0.25) is 86.3 Å². The van der Waals surface area contributed by atoms with Crippen molar-refractivity contribution in [1.82, 2.24) is 81.7 Å². The van der Waals surface area contributed by atoms with Crippen LogP contribution in [0.4, 0.5) is 0 Å². The summed E-state index contributed by atoms with van der Waals surface area (Å²) in [6.45, 7) is 2.35. The van der Waals surface area contributed by atoms with E-state index in [1.165, 1.54) is 72.5 Å². The average molecular weight is 1860 g/mol. The molecule has 4 aliphatic heterocycles. The SMILES string of the molecule is CCCC[C@H]1C(=O)N(C)[C@@H](CCCC)C(=O)N[C@@H](C)C(=O)C[C@H](C(=O)NCC(N)=O)CSCC(=O)N[C@@H](Cc2ccc(O)cc2)C(=O)N2CCCC[C@H]2C(=O)C[C@@H](CC(N)=O)C(=O)N2CCC[C@H]2C(=O)N[C@@H](Cc2cnc[nH]2)C(=O)C[C@@H](CCC(N)=O)C(=O)N2CCOC[C@H]2C(=O)N[C@@H](Cc2c[nH]c3ccccc23)C(=O)N[C@@H](CO)C(=O)N[C@@H](Cc2c[nH]c3ccccc23)C(=O)N1C. The first-order chi connectivity index (χ1) is 63.7. The van der Waals surface area contributed by atoms with Crippen molar-refractivity contribution in [2.75, 3.05) is 71.6 Å².